The second-order valence-electron chi connectivity index (χ2n) is 4.89. The first-order valence-corrected chi connectivity index (χ1v) is 9.18. The molecule has 0 radical (unpaired) electrons. The molecular formula is C14H31O7P. The first-order valence-electron chi connectivity index (χ1n) is 7.68. The molecule has 7 nitrogen and oxygen atoms in total. The molecule has 0 rings (SSSR count). The Kier molecular flexibility index (Phi) is 11.5. The van der Waals surface area contributed by atoms with Gasteiger partial charge in [0.15, 0.2) is 0 Å². The molecule has 0 amide bonds. The van der Waals surface area contributed by atoms with E-state index in [1.54, 1.807) is 7.11 Å². The summed E-state index contributed by atoms with van der Waals surface area (Å²) in [5, 5.41) is 0. The highest BCUT2D eigenvalue weighted by Crippen LogP contribution is 2.50. The number of phosphoric ester groups is 1. The second-order valence-corrected chi connectivity index (χ2v) is 6.37. The van der Waals surface area contributed by atoms with Crippen LogP contribution in [-0.2, 0) is 27.8 Å². The summed E-state index contributed by atoms with van der Waals surface area (Å²) in [7, 11) is -1.31. The molecule has 0 aromatic rings. The lowest BCUT2D eigenvalue weighted by molar-refractivity contribution is -0.118. The fourth-order valence-electron chi connectivity index (χ4n) is 2.30. The lowest BCUT2D eigenvalue weighted by atomic mass is 9.89. The summed E-state index contributed by atoms with van der Waals surface area (Å²) in [6, 6.07) is 0. The summed E-state index contributed by atoms with van der Waals surface area (Å²) in [5.74, 6) is 0. The fraction of sp³-hybridized carbons (Fsp3) is 1.00. The van der Waals surface area contributed by atoms with Crippen molar-refractivity contribution in [3.63, 3.8) is 0 Å². The Morgan fingerprint density at radius 1 is 1.05 bits per heavy atom. The Balaban J connectivity index is 4.63. The van der Waals surface area contributed by atoms with Crippen LogP contribution in [0.5, 0.6) is 0 Å². The van der Waals surface area contributed by atoms with Crippen LogP contribution in [0.4, 0.5) is 0 Å². The van der Waals surface area contributed by atoms with E-state index in [9.17, 15) is 9.46 Å². The third kappa shape index (κ3) is 7.51. The molecule has 22 heavy (non-hydrogen) atoms. The van der Waals surface area contributed by atoms with Crippen molar-refractivity contribution in [3.8, 4) is 0 Å². The first-order chi connectivity index (χ1) is 10.4. The topological polar surface area (TPSA) is 83.5 Å². The molecule has 0 aromatic heterocycles. The molecule has 2 unspecified atom stereocenters. The zero-order valence-electron chi connectivity index (χ0n) is 14.4. The van der Waals surface area contributed by atoms with Gasteiger partial charge in [0.2, 0.25) is 0 Å². The van der Waals surface area contributed by atoms with Crippen molar-refractivity contribution in [1.29, 1.82) is 0 Å². The van der Waals surface area contributed by atoms with E-state index >= 15 is 0 Å². The third-order valence-electron chi connectivity index (χ3n) is 3.66. The number of rotatable bonds is 14. The van der Waals surface area contributed by atoms with E-state index in [2.05, 4.69) is 4.52 Å². The van der Waals surface area contributed by atoms with Crippen molar-refractivity contribution in [2.45, 2.75) is 51.7 Å². The maximum atomic E-state index is 11.8. The van der Waals surface area contributed by atoms with E-state index in [1.165, 1.54) is 0 Å². The highest BCUT2D eigenvalue weighted by atomic mass is 31.2. The molecule has 8 heteroatoms. The van der Waals surface area contributed by atoms with Crippen molar-refractivity contribution < 1.29 is 32.7 Å². The number of ether oxygens (including phenoxy) is 3. The fourth-order valence-corrected chi connectivity index (χ4v) is 3.21. The van der Waals surface area contributed by atoms with Crippen molar-refractivity contribution in [3.05, 3.63) is 0 Å². The average Bonchev–Trinajstić information content (AvgIpc) is 2.52. The van der Waals surface area contributed by atoms with Gasteiger partial charge in [0, 0.05) is 14.2 Å². The van der Waals surface area contributed by atoms with Crippen molar-refractivity contribution in [2.24, 2.45) is 0 Å². The highest BCUT2D eigenvalue weighted by molar-refractivity contribution is 7.47. The Labute approximate surface area is 133 Å². The van der Waals surface area contributed by atoms with Gasteiger partial charge in [0.1, 0.15) is 5.60 Å². The largest absolute Gasteiger partial charge is 0.472 e. The lowest BCUT2D eigenvalue weighted by Gasteiger charge is -2.39. The second kappa shape index (κ2) is 11.5. The molecule has 0 saturated heterocycles. The Morgan fingerprint density at radius 2 is 1.64 bits per heavy atom. The van der Waals surface area contributed by atoms with Gasteiger partial charge >= 0.3 is 7.82 Å². The SMILES string of the molecule is CCC(OCCOCCOC)C(CC)(CC)OP(=O)(O)OC. The van der Waals surface area contributed by atoms with Gasteiger partial charge in [-0.25, -0.2) is 4.57 Å². The van der Waals surface area contributed by atoms with Crippen LogP contribution in [0.15, 0.2) is 0 Å². The van der Waals surface area contributed by atoms with Crippen LogP contribution < -0.4 is 0 Å². The molecule has 0 aliphatic rings. The minimum Gasteiger partial charge on any atom is -0.382 e. The van der Waals surface area contributed by atoms with Crippen LogP contribution in [0.25, 0.3) is 0 Å². The molecule has 2 atom stereocenters. The van der Waals surface area contributed by atoms with E-state index in [0.717, 1.165) is 7.11 Å². The van der Waals surface area contributed by atoms with Gasteiger partial charge < -0.3 is 19.1 Å². The van der Waals surface area contributed by atoms with Crippen molar-refractivity contribution in [2.75, 3.05) is 40.6 Å². The summed E-state index contributed by atoms with van der Waals surface area (Å²) in [5.41, 5.74) is -0.860. The summed E-state index contributed by atoms with van der Waals surface area (Å²) >= 11 is 0. The molecule has 0 aliphatic heterocycles. The highest BCUT2D eigenvalue weighted by Gasteiger charge is 2.42. The number of phosphoric acid groups is 1. The van der Waals surface area contributed by atoms with Crippen LogP contribution in [0.3, 0.4) is 0 Å². The predicted molar refractivity (Wildman–Crippen MR) is 84.0 cm³/mol. The van der Waals surface area contributed by atoms with Gasteiger partial charge in [0.05, 0.1) is 32.5 Å². The third-order valence-corrected chi connectivity index (χ3v) is 4.72. The minimum atomic E-state index is -4.08. The molecule has 0 bridgehead atoms. The van der Waals surface area contributed by atoms with Crippen LogP contribution in [-0.4, -0.2) is 57.2 Å². The summed E-state index contributed by atoms with van der Waals surface area (Å²) in [6.07, 6.45) is 1.42. The molecule has 1 N–H and O–H groups in total. The lowest BCUT2D eigenvalue weighted by Crippen LogP contribution is -2.45. The first kappa shape index (κ1) is 22.0. The Morgan fingerprint density at radius 3 is 2.09 bits per heavy atom. The van der Waals surface area contributed by atoms with E-state index in [-0.39, 0.29) is 6.10 Å². The summed E-state index contributed by atoms with van der Waals surface area (Å²) < 4.78 is 37.9. The molecule has 0 saturated carbocycles. The van der Waals surface area contributed by atoms with E-state index in [4.69, 9.17) is 18.7 Å². The predicted octanol–water partition coefficient (Wildman–Crippen LogP) is 2.77. The van der Waals surface area contributed by atoms with E-state index in [0.29, 0.717) is 45.7 Å². The van der Waals surface area contributed by atoms with Crippen molar-refractivity contribution >= 4 is 7.82 Å². The van der Waals surface area contributed by atoms with Gasteiger partial charge in [-0.3, -0.25) is 9.05 Å². The quantitative estimate of drug-likeness (QED) is 0.384. The molecular weight excluding hydrogens is 311 g/mol. The average molecular weight is 342 g/mol. The smallest absolute Gasteiger partial charge is 0.382 e. The zero-order chi connectivity index (χ0) is 17.1. The van der Waals surface area contributed by atoms with Gasteiger partial charge in [0.25, 0.3) is 0 Å². The summed E-state index contributed by atoms with van der Waals surface area (Å²) in [4.78, 5) is 9.65. The molecule has 134 valence electrons. The molecule has 0 aliphatic carbocycles. The minimum absolute atomic E-state index is 0.316. The monoisotopic (exact) mass is 342 g/mol. The molecule has 0 heterocycles. The molecule has 0 fully saturated rings. The Hall–Kier alpha value is -0.0100. The van der Waals surface area contributed by atoms with Crippen LogP contribution in [0.2, 0.25) is 0 Å². The number of methoxy groups -OCH3 is 1. The van der Waals surface area contributed by atoms with Gasteiger partial charge in [-0.05, 0) is 19.3 Å². The van der Waals surface area contributed by atoms with Gasteiger partial charge in [-0.15, -0.1) is 0 Å². The molecule has 0 aromatic carbocycles. The number of hydrogen-bond donors (Lipinski definition) is 1. The van der Waals surface area contributed by atoms with Crippen LogP contribution >= 0.6 is 7.82 Å². The van der Waals surface area contributed by atoms with Gasteiger partial charge in [-0.2, -0.15) is 0 Å². The summed E-state index contributed by atoms with van der Waals surface area (Å²) in [6.45, 7) is 7.63. The van der Waals surface area contributed by atoms with E-state index in [1.807, 2.05) is 20.8 Å². The van der Waals surface area contributed by atoms with Crippen LogP contribution in [0.1, 0.15) is 40.0 Å². The normalized spacial score (nSPS) is 16.5. The van der Waals surface area contributed by atoms with Crippen LogP contribution in [0, 0.1) is 0 Å². The Bertz CT molecular complexity index is 320. The maximum absolute atomic E-state index is 11.8. The van der Waals surface area contributed by atoms with E-state index < -0.39 is 13.4 Å². The zero-order valence-corrected chi connectivity index (χ0v) is 15.3. The maximum Gasteiger partial charge on any atom is 0.472 e. The standard InChI is InChI=1S/C14H31O7P/c1-6-13(20-12-11-19-10-9-17-4)14(7-2,8-3)21-22(15,16)18-5/h13H,6-12H2,1-5H3,(H,15,16). The molecule has 0 spiro atoms. The van der Waals surface area contributed by atoms with Gasteiger partial charge in [-0.1, -0.05) is 20.8 Å². The van der Waals surface area contributed by atoms with Crippen molar-refractivity contribution in [1.82, 2.24) is 0 Å². The number of hydrogen-bond acceptors (Lipinski definition) is 6.